The lowest BCUT2D eigenvalue weighted by Crippen LogP contribution is -2.16. The average Bonchev–Trinajstić information content (AvgIpc) is 2.69. The molecular formula is C18H28O. The largest absolute Gasteiger partial charge is 0.508 e. The van der Waals surface area contributed by atoms with Crippen LogP contribution in [0.25, 0.3) is 0 Å². The fraction of sp³-hybridized carbons (Fsp3) is 0.667. The molecule has 1 atom stereocenters. The molecule has 1 N–H and O–H groups in total. The van der Waals surface area contributed by atoms with Gasteiger partial charge in [0.15, 0.2) is 0 Å². The molecule has 0 aromatic heterocycles. The van der Waals surface area contributed by atoms with E-state index >= 15 is 0 Å². The highest BCUT2D eigenvalue weighted by atomic mass is 16.3. The average molecular weight is 260 g/mol. The van der Waals surface area contributed by atoms with Crippen molar-refractivity contribution in [3.05, 3.63) is 29.3 Å². The van der Waals surface area contributed by atoms with Crippen LogP contribution in [0.2, 0.25) is 0 Å². The number of benzene rings is 1. The van der Waals surface area contributed by atoms with Crippen molar-refractivity contribution in [1.82, 2.24) is 0 Å². The maximum Gasteiger partial charge on any atom is 0.115 e. The SMILES string of the molecule is CCCCCCCCC1(C)Cc2ccc(O)cc2C1. The maximum atomic E-state index is 9.56. The van der Waals surface area contributed by atoms with Gasteiger partial charge in [-0.2, -0.15) is 0 Å². The number of aromatic hydroxyl groups is 1. The molecule has 1 aromatic carbocycles. The molecule has 0 radical (unpaired) electrons. The van der Waals surface area contributed by atoms with E-state index in [1.165, 1.54) is 62.5 Å². The predicted molar refractivity (Wildman–Crippen MR) is 81.6 cm³/mol. The Morgan fingerprint density at radius 1 is 1.00 bits per heavy atom. The molecule has 106 valence electrons. The highest BCUT2D eigenvalue weighted by molar-refractivity contribution is 5.39. The number of rotatable bonds is 7. The Balaban J connectivity index is 1.76. The quantitative estimate of drug-likeness (QED) is 0.664. The van der Waals surface area contributed by atoms with Gasteiger partial charge in [-0.05, 0) is 47.9 Å². The molecule has 0 saturated heterocycles. The van der Waals surface area contributed by atoms with Crippen LogP contribution in [0.5, 0.6) is 5.75 Å². The number of hydrogen-bond acceptors (Lipinski definition) is 1. The number of phenols is 1. The number of fused-ring (bicyclic) bond motifs is 1. The van der Waals surface area contributed by atoms with Gasteiger partial charge in [-0.3, -0.25) is 0 Å². The number of phenolic OH excluding ortho intramolecular Hbond substituents is 1. The molecule has 0 fully saturated rings. The van der Waals surface area contributed by atoms with E-state index in [0.717, 1.165) is 6.42 Å². The van der Waals surface area contributed by atoms with Crippen LogP contribution in [0, 0.1) is 5.41 Å². The first-order valence-corrected chi connectivity index (χ1v) is 7.94. The van der Waals surface area contributed by atoms with Gasteiger partial charge in [-0.1, -0.05) is 58.4 Å². The summed E-state index contributed by atoms with van der Waals surface area (Å²) in [7, 11) is 0. The Labute approximate surface area is 118 Å². The number of hydrogen-bond donors (Lipinski definition) is 1. The molecule has 1 heteroatoms. The minimum atomic E-state index is 0.419. The number of unbranched alkanes of at least 4 members (excludes halogenated alkanes) is 5. The van der Waals surface area contributed by atoms with Gasteiger partial charge in [0.25, 0.3) is 0 Å². The smallest absolute Gasteiger partial charge is 0.115 e. The summed E-state index contributed by atoms with van der Waals surface area (Å²) in [5.41, 5.74) is 3.25. The van der Waals surface area contributed by atoms with Crippen molar-refractivity contribution in [3.8, 4) is 5.75 Å². The first kappa shape index (κ1) is 14.4. The van der Waals surface area contributed by atoms with Crippen molar-refractivity contribution in [2.24, 2.45) is 5.41 Å². The molecule has 1 aliphatic carbocycles. The summed E-state index contributed by atoms with van der Waals surface area (Å²) in [6.45, 7) is 4.68. The molecule has 2 rings (SSSR count). The lowest BCUT2D eigenvalue weighted by Gasteiger charge is -2.23. The van der Waals surface area contributed by atoms with Crippen LogP contribution in [-0.2, 0) is 12.8 Å². The van der Waals surface area contributed by atoms with Crippen molar-refractivity contribution in [1.29, 1.82) is 0 Å². The van der Waals surface area contributed by atoms with Crippen LogP contribution in [0.1, 0.15) is 69.9 Å². The summed E-state index contributed by atoms with van der Waals surface area (Å²) in [6, 6.07) is 5.90. The standard InChI is InChI=1S/C18H28O/c1-3-4-5-6-7-8-11-18(2)13-15-9-10-17(19)12-16(15)14-18/h9-10,12,19H,3-8,11,13-14H2,1-2H3. The van der Waals surface area contributed by atoms with Crippen LogP contribution >= 0.6 is 0 Å². The highest BCUT2D eigenvalue weighted by Gasteiger charge is 2.32. The van der Waals surface area contributed by atoms with E-state index in [0.29, 0.717) is 11.2 Å². The first-order chi connectivity index (χ1) is 9.13. The minimum absolute atomic E-state index is 0.419. The zero-order valence-electron chi connectivity index (χ0n) is 12.5. The van der Waals surface area contributed by atoms with Crippen LogP contribution in [0.15, 0.2) is 18.2 Å². The summed E-state index contributed by atoms with van der Waals surface area (Å²) in [5.74, 6) is 0.419. The first-order valence-electron chi connectivity index (χ1n) is 7.94. The Kier molecular flexibility index (Phi) is 4.90. The van der Waals surface area contributed by atoms with Crippen molar-refractivity contribution in [2.45, 2.75) is 71.6 Å². The second-order valence-corrected chi connectivity index (χ2v) is 6.63. The van der Waals surface area contributed by atoms with E-state index in [2.05, 4.69) is 19.9 Å². The molecule has 1 nitrogen and oxygen atoms in total. The van der Waals surface area contributed by atoms with E-state index in [-0.39, 0.29) is 0 Å². The van der Waals surface area contributed by atoms with Crippen LogP contribution in [-0.4, -0.2) is 5.11 Å². The second kappa shape index (κ2) is 6.45. The van der Waals surface area contributed by atoms with Crippen LogP contribution < -0.4 is 0 Å². The van der Waals surface area contributed by atoms with Crippen LogP contribution in [0.4, 0.5) is 0 Å². The second-order valence-electron chi connectivity index (χ2n) is 6.63. The van der Waals surface area contributed by atoms with E-state index in [1.54, 1.807) is 0 Å². The van der Waals surface area contributed by atoms with Gasteiger partial charge in [-0.15, -0.1) is 0 Å². The Bertz CT molecular complexity index is 410. The van der Waals surface area contributed by atoms with Crippen LogP contribution in [0.3, 0.4) is 0 Å². The molecule has 0 spiro atoms. The summed E-state index contributed by atoms with van der Waals surface area (Å²) in [5, 5.41) is 9.56. The normalized spacial score (nSPS) is 21.6. The highest BCUT2D eigenvalue weighted by Crippen LogP contribution is 2.41. The van der Waals surface area contributed by atoms with Crippen molar-refractivity contribution < 1.29 is 5.11 Å². The lowest BCUT2D eigenvalue weighted by atomic mass is 9.82. The predicted octanol–water partition coefficient (Wildman–Crippen LogP) is 5.25. The van der Waals surface area contributed by atoms with Crippen molar-refractivity contribution in [2.75, 3.05) is 0 Å². The topological polar surface area (TPSA) is 20.2 Å². The maximum absolute atomic E-state index is 9.56. The fourth-order valence-corrected chi connectivity index (χ4v) is 3.44. The summed E-state index contributed by atoms with van der Waals surface area (Å²) in [6.07, 6.45) is 11.9. The molecule has 1 aliphatic rings. The van der Waals surface area contributed by atoms with Gasteiger partial charge in [-0.25, -0.2) is 0 Å². The van der Waals surface area contributed by atoms with Gasteiger partial charge >= 0.3 is 0 Å². The van der Waals surface area contributed by atoms with Gasteiger partial charge in [0.05, 0.1) is 0 Å². The molecule has 0 amide bonds. The van der Waals surface area contributed by atoms with E-state index in [9.17, 15) is 5.11 Å². The Morgan fingerprint density at radius 2 is 1.68 bits per heavy atom. The van der Waals surface area contributed by atoms with E-state index in [4.69, 9.17) is 0 Å². The molecule has 0 saturated carbocycles. The van der Waals surface area contributed by atoms with Crippen molar-refractivity contribution >= 4 is 0 Å². The fourth-order valence-electron chi connectivity index (χ4n) is 3.44. The molecule has 19 heavy (non-hydrogen) atoms. The summed E-state index contributed by atoms with van der Waals surface area (Å²) >= 11 is 0. The van der Waals surface area contributed by atoms with Gasteiger partial charge < -0.3 is 5.11 Å². The minimum Gasteiger partial charge on any atom is -0.508 e. The van der Waals surface area contributed by atoms with E-state index in [1.807, 2.05) is 12.1 Å². The van der Waals surface area contributed by atoms with Gasteiger partial charge in [0.1, 0.15) is 5.75 Å². The summed E-state index contributed by atoms with van der Waals surface area (Å²) in [4.78, 5) is 0. The van der Waals surface area contributed by atoms with E-state index < -0.39 is 0 Å². The molecule has 1 unspecified atom stereocenters. The van der Waals surface area contributed by atoms with Crippen molar-refractivity contribution in [3.63, 3.8) is 0 Å². The summed E-state index contributed by atoms with van der Waals surface area (Å²) < 4.78 is 0. The third-order valence-electron chi connectivity index (χ3n) is 4.56. The Morgan fingerprint density at radius 3 is 2.47 bits per heavy atom. The van der Waals surface area contributed by atoms with Gasteiger partial charge in [0, 0.05) is 0 Å². The third kappa shape index (κ3) is 3.99. The Hall–Kier alpha value is -0.980. The zero-order valence-corrected chi connectivity index (χ0v) is 12.5. The molecule has 0 bridgehead atoms. The molecular weight excluding hydrogens is 232 g/mol. The third-order valence-corrected chi connectivity index (χ3v) is 4.56. The zero-order chi connectivity index (χ0) is 13.7. The van der Waals surface area contributed by atoms with Gasteiger partial charge in [0.2, 0.25) is 0 Å². The molecule has 0 heterocycles. The monoisotopic (exact) mass is 260 g/mol. The lowest BCUT2D eigenvalue weighted by molar-refractivity contribution is 0.301. The molecule has 1 aromatic rings. The molecule has 0 aliphatic heterocycles.